The average molecular weight is 1860 g/mol. The largest absolute Gasteiger partial charge is 1.00 e. The molecule has 0 radical (unpaired) electrons. The molecule has 544 valence electrons. The van der Waals surface area contributed by atoms with E-state index in [1.165, 1.54) is 0 Å². The summed E-state index contributed by atoms with van der Waals surface area (Å²) in [6.07, 6.45) is 0.528. The standard InChI is InChI=1S/3C13H18ClNO.2C9H8BrClO.C9H9ClO.2CH2Cl2.4CH4.Br2.BrH/c3*1-9(15-13(2,3)4)12(16)10-6-5-7-11(14)8-10;2*1-6(10)9(12)7-3-2-4-8(11)5-7;1-2-9(11)7-4-3-5-8(10)6-7;2*2-1-3;;;;;1-2;/h3*5-9,15H,1-4H3;2*2-6H,1H3;3-6H,2H2,1H3;2*1H2;4*1H4;;1H. The van der Waals surface area contributed by atoms with Gasteiger partial charge in [-0.1, -0.05) is 211 Å². The number of nitrogens with one attached hydrogen (secondary N) is 2. The summed E-state index contributed by atoms with van der Waals surface area (Å²) in [7, 11) is 0. The Hall–Kier alpha value is -1.48. The van der Waals surface area contributed by atoms with E-state index in [1.807, 2.05) is 69.2 Å². The van der Waals surface area contributed by atoms with E-state index in [0.717, 1.165) is 0 Å². The van der Waals surface area contributed by atoms with Crippen LogP contribution in [-0.4, -0.2) is 89.8 Å². The van der Waals surface area contributed by atoms with Crippen molar-refractivity contribution in [2.45, 2.75) is 184 Å². The second-order valence-corrected chi connectivity index (χ2v) is 29.6. The van der Waals surface area contributed by atoms with E-state index in [4.69, 9.17) is 116 Å². The molecule has 0 fully saturated rings. The van der Waals surface area contributed by atoms with Gasteiger partial charge in [0.25, 0.3) is 0 Å². The Labute approximate surface area is 669 Å². The van der Waals surface area contributed by atoms with Gasteiger partial charge in [0, 0.05) is 109 Å². The molecule has 0 aliphatic carbocycles. The van der Waals surface area contributed by atoms with E-state index in [1.54, 1.807) is 159 Å². The minimum absolute atomic E-state index is 0. The van der Waals surface area contributed by atoms with Gasteiger partial charge in [-0.25, -0.2) is 0 Å². The summed E-state index contributed by atoms with van der Waals surface area (Å²) in [5, 5.41) is 12.5. The van der Waals surface area contributed by atoms with Gasteiger partial charge in [0.05, 0.1) is 38.0 Å². The summed E-state index contributed by atoms with van der Waals surface area (Å²) in [5.41, 5.74) is 3.86. The number of benzene rings is 6. The zero-order valence-corrected chi connectivity index (χ0v) is 69.6. The van der Waals surface area contributed by atoms with Crippen LogP contribution in [-0.2, 0) is 0 Å². The fourth-order valence-electron chi connectivity index (χ4n) is 7.55. The average Bonchev–Trinajstić information content (AvgIpc) is 1.08. The number of halogens is 15. The molecule has 0 aliphatic rings. The molecule has 4 N–H and O–H groups in total. The Kier molecular flexibility index (Phi) is 69.0. The fraction of sp³-hybridized carbons (Fsp3) is 0.417. The highest BCUT2D eigenvalue weighted by Crippen LogP contribution is 2.19. The number of carbonyl (C=O) groups is 6. The maximum Gasteiger partial charge on any atom is 0.219 e. The van der Waals surface area contributed by atoms with Crippen LogP contribution < -0.4 is 32.9 Å². The van der Waals surface area contributed by atoms with E-state index < -0.39 is 0 Å². The highest BCUT2D eigenvalue weighted by Gasteiger charge is 2.25. The van der Waals surface area contributed by atoms with Gasteiger partial charge in [-0.3, -0.25) is 28.8 Å². The number of quaternary nitrogens is 1. The normalized spacial score (nSPS) is 11.5. The number of Topliss-reactive ketones (excluding diaryl/α,β-unsaturated/α-hetero) is 6. The monoisotopic (exact) mass is 1850 g/mol. The minimum atomic E-state index is -0.210. The summed E-state index contributed by atoms with van der Waals surface area (Å²) < 4.78 is 0. The molecule has 0 aliphatic heterocycles. The molecule has 5 atom stereocenters. The number of alkyl halides is 6. The molecular weight excluding hydrogens is 1760 g/mol. The van der Waals surface area contributed by atoms with Gasteiger partial charge in [-0.15, -0.1) is 46.4 Å². The quantitative estimate of drug-likeness (QED) is 0.0681. The van der Waals surface area contributed by atoms with Crippen molar-refractivity contribution >= 4 is 211 Å². The van der Waals surface area contributed by atoms with Gasteiger partial charge in [0.1, 0.15) is 6.04 Å². The third-order valence-electron chi connectivity index (χ3n) is 11.0. The van der Waals surface area contributed by atoms with E-state index in [9.17, 15) is 28.8 Å². The molecule has 6 aromatic carbocycles. The topological polar surface area (TPSA) is 143 Å². The third kappa shape index (κ3) is 54.2. The van der Waals surface area contributed by atoms with Crippen LogP contribution in [0.25, 0.3) is 0 Å². The lowest BCUT2D eigenvalue weighted by atomic mass is 10.0. The first kappa shape index (κ1) is 110. The second kappa shape index (κ2) is 60.0. The number of carbonyl (C=O) groups excluding carboxylic acids is 6. The molecule has 9 nitrogen and oxygen atoms in total. The molecule has 0 saturated heterocycles. The Bertz CT molecular complexity index is 2880. The lowest BCUT2D eigenvalue weighted by Gasteiger charge is -2.25. The SMILES string of the molecule is BrBr.C.C.C.C.CC(Br)C(=O)c1cccc(Cl)c1.CC(Br)C(=O)c1cccc(Cl)c1.CC(NC(C)(C)C)C(=O)c1cccc(Cl)c1.CC(NC(C)(C)C)C(=O)c1cccc(Cl)c1.CC([NH2+]C(C)(C)C)C(=O)c1cccc(Cl)c1.CCC(=O)c1cccc(Cl)c1.ClCCl.ClCCl.[Br-]. The zero-order chi connectivity index (χ0) is 71.0. The Balaban J connectivity index is -0.000000157. The van der Waals surface area contributed by atoms with Crippen LogP contribution >= 0.6 is 176 Å². The van der Waals surface area contributed by atoms with Crippen molar-refractivity contribution in [1.82, 2.24) is 10.6 Å². The predicted octanol–water partition coefficient (Wildman–Crippen LogP) is 22.5. The summed E-state index contributed by atoms with van der Waals surface area (Å²) in [6.45, 7) is 29.6. The van der Waals surface area contributed by atoms with Crippen molar-refractivity contribution in [2.24, 2.45) is 0 Å². The van der Waals surface area contributed by atoms with E-state index in [0.29, 0.717) is 69.9 Å². The zero-order valence-electron chi connectivity index (χ0n) is 54.1. The van der Waals surface area contributed by atoms with Crippen LogP contribution in [0.4, 0.5) is 0 Å². The molecule has 0 bridgehead atoms. The minimum Gasteiger partial charge on any atom is -1.00 e. The molecule has 5 unspecified atom stereocenters. The fourth-order valence-corrected chi connectivity index (χ4v) is 9.22. The summed E-state index contributed by atoms with van der Waals surface area (Å²) in [4.78, 5) is 69.8. The number of hydrogen-bond donors (Lipinski definition) is 3. The number of ketones is 6. The molecule has 0 saturated carbocycles. The van der Waals surface area contributed by atoms with E-state index in [2.05, 4.69) is 96.8 Å². The number of hydrogen-bond acceptors (Lipinski definition) is 8. The van der Waals surface area contributed by atoms with Crippen LogP contribution in [0, 0.1) is 0 Å². The molecular formula is C72H100Br5Cl10N3O6. The molecule has 0 spiro atoms. The Morgan fingerprint density at radius 3 is 0.781 bits per heavy atom. The van der Waals surface area contributed by atoms with Crippen LogP contribution in [0.3, 0.4) is 0 Å². The molecule has 0 aromatic heterocycles. The first-order valence-corrected chi connectivity index (χ1v) is 38.0. The maximum atomic E-state index is 12.1. The predicted molar refractivity (Wildman–Crippen MR) is 436 cm³/mol. The highest BCUT2D eigenvalue weighted by molar-refractivity contribution is 9.93. The van der Waals surface area contributed by atoms with Crippen LogP contribution in [0.5, 0.6) is 0 Å². The van der Waals surface area contributed by atoms with E-state index in [-0.39, 0.29) is 136 Å². The molecule has 24 heteroatoms. The Morgan fingerprint density at radius 1 is 0.396 bits per heavy atom. The molecule has 6 rings (SSSR count). The number of rotatable bonds is 15. The van der Waals surface area contributed by atoms with Crippen molar-refractivity contribution in [2.75, 3.05) is 10.7 Å². The second-order valence-electron chi connectivity index (χ2n) is 22.6. The van der Waals surface area contributed by atoms with Gasteiger partial charge in [0.15, 0.2) is 28.9 Å². The van der Waals surface area contributed by atoms with Crippen LogP contribution in [0.2, 0.25) is 30.1 Å². The van der Waals surface area contributed by atoms with Crippen LogP contribution in [0.15, 0.2) is 146 Å². The highest BCUT2D eigenvalue weighted by atomic mass is 80.9. The van der Waals surface area contributed by atoms with Crippen LogP contribution in [0.1, 0.15) is 202 Å². The van der Waals surface area contributed by atoms with Gasteiger partial charge in [-0.05, 0) is 170 Å². The van der Waals surface area contributed by atoms with Gasteiger partial charge < -0.3 is 32.9 Å². The van der Waals surface area contributed by atoms with Gasteiger partial charge in [-0.2, -0.15) is 0 Å². The van der Waals surface area contributed by atoms with Gasteiger partial charge in [0.2, 0.25) is 5.78 Å². The first-order chi connectivity index (χ1) is 42.2. The van der Waals surface area contributed by atoms with Crippen molar-refractivity contribution < 1.29 is 51.1 Å². The van der Waals surface area contributed by atoms with Gasteiger partial charge >= 0.3 is 0 Å². The lowest BCUT2D eigenvalue weighted by Crippen LogP contribution is -3.00. The van der Waals surface area contributed by atoms with Crippen molar-refractivity contribution in [3.63, 3.8) is 0 Å². The van der Waals surface area contributed by atoms with Crippen molar-refractivity contribution in [3.8, 4) is 0 Å². The molecule has 0 heterocycles. The molecule has 96 heavy (non-hydrogen) atoms. The van der Waals surface area contributed by atoms with E-state index >= 15 is 0 Å². The lowest BCUT2D eigenvalue weighted by molar-refractivity contribution is -0.732. The summed E-state index contributed by atoms with van der Waals surface area (Å²) in [5.74, 6) is 0.495. The third-order valence-corrected chi connectivity index (χ3v) is 13.2. The number of nitrogens with two attached hydrogens (primary N) is 1. The first-order valence-electron chi connectivity index (χ1n) is 28.0. The smallest absolute Gasteiger partial charge is 0.219 e. The Morgan fingerprint density at radius 2 is 0.594 bits per heavy atom. The maximum absolute atomic E-state index is 12.1. The molecule has 0 amide bonds. The van der Waals surface area contributed by atoms with Crippen molar-refractivity contribution in [3.05, 3.63) is 209 Å². The summed E-state index contributed by atoms with van der Waals surface area (Å²) in [6, 6.07) is 41.6. The molecule has 6 aromatic rings. The summed E-state index contributed by atoms with van der Waals surface area (Å²) >= 11 is 65.7. The van der Waals surface area contributed by atoms with Crippen molar-refractivity contribution in [1.29, 1.82) is 0 Å².